The molecule has 4 heteroatoms. The van der Waals surface area contributed by atoms with E-state index in [1.54, 1.807) is 0 Å². The van der Waals surface area contributed by atoms with Gasteiger partial charge in [0.15, 0.2) is 0 Å². The lowest BCUT2D eigenvalue weighted by Gasteiger charge is -2.25. The van der Waals surface area contributed by atoms with Crippen molar-refractivity contribution < 1.29 is 4.79 Å². The molecule has 0 aromatic heterocycles. The lowest BCUT2D eigenvalue weighted by molar-refractivity contribution is -0.121. The molecule has 0 aliphatic carbocycles. The average Bonchev–Trinajstić information content (AvgIpc) is 2.98. The Morgan fingerprint density at radius 1 is 1.32 bits per heavy atom. The molecule has 0 radical (unpaired) electrons. The summed E-state index contributed by atoms with van der Waals surface area (Å²) >= 11 is 0. The van der Waals surface area contributed by atoms with E-state index in [-0.39, 0.29) is 5.91 Å². The average molecular weight is 267 g/mol. The van der Waals surface area contributed by atoms with Gasteiger partial charge in [-0.15, -0.1) is 0 Å². The molecular formula is C15H29N3O. The Bertz CT molecular complexity index is 271. The van der Waals surface area contributed by atoms with Crippen LogP contribution >= 0.6 is 0 Å². The van der Waals surface area contributed by atoms with Crippen LogP contribution in [0.4, 0.5) is 0 Å². The standard InChI is InChI=1S/C15H29N3O/c1-13(18-10-4-5-11-18)12-17-15(19)8-7-14-6-2-3-9-16-14/h13-14,16H,2-12H2,1H3,(H,17,19). The molecule has 0 aromatic carbocycles. The second-order valence-electron chi connectivity index (χ2n) is 6.08. The molecule has 0 bridgehead atoms. The summed E-state index contributed by atoms with van der Waals surface area (Å²) in [5.74, 6) is 0.221. The van der Waals surface area contributed by atoms with Crippen LogP contribution in [0.5, 0.6) is 0 Å². The number of nitrogens with zero attached hydrogens (tertiary/aromatic N) is 1. The van der Waals surface area contributed by atoms with Crippen molar-refractivity contribution in [3.8, 4) is 0 Å². The SMILES string of the molecule is CC(CNC(=O)CCC1CCCCN1)N1CCCC1. The first-order chi connectivity index (χ1) is 9.25. The quantitative estimate of drug-likeness (QED) is 0.767. The lowest BCUT2D eigenvalue weighted by atomic mass is 10.0. The Labute approximate surface area is 117 Å². The van der Waals surface area contributed by atoms with Crippen LogP contribution in [-0.2, 0) is 4.79 Å². The topological polar surface area (TPSA) is 44.4 Å². The summed E-state index contributed by atoms with van der Waals surface area (Å²) in [6.45, 7) is 6.54. The van der Waals surface area contributed by atoms with Crippen molar-refractivity contribution in [3.63, 3.8) is 0 Å². The molecule has 2 saturated heterocycles. The largest absolute Gasteiger partial charge is 0.355 e. The van der Waals surface area contributed by atoms with Gasteiger partial charge in [0, 0.05) is 25.0 Å². The van der Waals surface area contributed by atoms with Crippen LogP contribution in [0.2, 0.25) is 0 Å². The van der Waals surface area contributed by atoms with Gasteiger partial charge < -0.3 is 10.6 Å². The molecule has 0 spiro atoms. The molecule has 110 valence electrons. The molecule has 4 nitrogen and oxygen atoms in total. The monoisotopic (exact) mass is 267 g/mol. The number of hydrogen-bond acceptors (Lipinski definition) is 3. The molecule has 0 saturated carbocycles. The minimum absolute atomic E-state index is 0.221. The van der Waals surface area contributed by atoms with E-state index >= 15 is 0 Å². The minimum atomic E-state index is 0.221. The Kier molecular flexibility index (Phi) is 6.11. The summed E-state index contributed by atoms with van der Waals surface area (Å²) in [5.41, 5.74) is 0. The van der Waals surface area contributed by atoms with E-state index in [4.69, 9.17) is 0 Å². The smallest absolute Gasteiger partial charge is 0.220 e. The fourth-order valence-corrected chi connectivity index (χ4v) is 3.14. The van der Waals surface area contributed by atoms with E-state index in [1.165, 1.54) is 45.2 Å². The zero-order valence-electron chi connectivity index (χ0n) is 12.3. The van der Waals surface area contributed by atoms with Crippen LogP contribution < -0.4 is 10.6 Å². The van der Waals surface area contributed by atoms with Gasteiger partial charge in [-0.2, -0.15) is 0 Å². The normalized spacial score (nSPS) is 26.3. The molecule has 2 aliphatic rings. The molecule has 2 atom stereocenters. The number of hydrogen-bond donors (Lipinski definition) is 2. The van der Waals surface area contributed by atoms with Gasteiger partial charge in [-0.1, -0.05) is 6.42 Å². The summed E-state index contributed by atoms with van der Waals surface area (Å²) < 4.78 is 0. The third kappa shape index (κ3) is 5.11. The molecule has 19 heavy (non-hydrogen) atoms. The van der Waals surface area contributed by atoms with Gasteiger partial charge in [-0.3, -0.25) is 9.69 Å². The van der Waals surface area contributed by atoms with E-state index in [9.17, 15) is 4.79 Å². The first-order valence-electron chi connectivity index (χ1n) is 8.00. The van der Waals surface area contributed by atoms with Crippen LogP contribution in [0.15, 0.2) is 0 Å². The van der Waals surface area contributed by atoms with E-state index < -0.39 is 0 Å². The van der Waals surface area contributed by atoms with Crippen molar-refractivity contribution in [1.82, 2.24) is 15.5 Å². The second-order valence-corrected chi connectivity index (χ2v) is 6.08. The number of likely N-dealkylation sites (tertiary alicyclic amines) is 1. The first-order valence-corrected chi connectivity index (χ1v) is 8.00. The predicted octanol–water partition coefficient (Wildman–Crippen LogP) is 1.51. The number of carbonyl (C=O) groups excluding carboxylic acids is 1. The molecule has 2 fully saturated rings. The van der Waals surface area contributed by atoms with Gasteiger partial charge in [0.05, 0.1) is 0 Å². The van der Waals surface area contributed by atoms with Crippen molar-refractivity contribution in [2.75, 3.05) is 26.2 Å². The zero-order valence-corrected chi connectivity index (χ0v) is 12.3. The summed E-state index contributed by atoms with van der Waals surface area (Å²) in [4.78, 5) is 14.3. The molecule has 2 N–H and O–H groups in total. The number of nitrogens with one attached hydrogen (secondary N) is 2. The highest BCUT2D eigenvalue weighted by Gasteiger charge is 2.19. The maximum atomic E-state index is 11.8. The number of rotatable bonds is 6. The maximum Gasteiger partial charge on any atom is 0.220 e. The highest BCUT2D eigenvalue weighted by Crippen LogP contribution is 2.12. The fraction of sp³-hybridized carbons (Fsp3) is 0.933. The third-order valence-corrected chi connectivity index (χ3v) is 4.49. The van der Waals surface area contributed by atoms with Gasteiger partial charge in [0.2, 0.25) is 5.91 Å². The summed E-state index contributed by atoms with van der Waals surface area (Å²) in [5, 5.41) is 6.59. The minimum Gasteiger partial charge on any atom is -0.355 e. The summed E-state index contributed by atoms with van der Waals surface area (Å²) in [6, 6.07) is 1.05. The summed E-state index contributed by atoms with van der Waals surface area (Å²) in [7, 11) is 0. The van der Waals surface area contributed by atoms with Gasteiger partial charge in [0.1, 0.15) is 0 Å². The Morgan fingerprint density at radius 3 is 2.79 bits per heavy atom. The van der Waals surface area contributed by atoms with Crippen LogP contribution in [0.3, 0.4) is 0 Å². The molecule has 2 heterocycles. The third-order valence-electron chi connectivity index (χ3n) is 4.49. The highest BCUT2D eigenvalue weighted by atomic mass is 16.1. The first kappa shape index (κ1) is 14.8. The van der Waals surface area contributed by atoms with Gasteiger partial charge in [0.25, 0.3) is 0 Å². The Hall–Kier alpha value is -0.610. The van der Waals surface area contributed by atoms with Crippen LogP contribution in [0.25, 0.3) is 0 Å². The van der Waals surface area contributed by atoms with Crippen molar-refractivity contribution in [2.24, 2.45) is 0 Å². The molecule has 2 unspecified atom stereocenters. The number of piperidine rings is 1. The van der Waals surface area contributed by atoms with Crippen LogP contribution in [0.1, 0.15) is 51.9 Å². The zero-order chi connectivity index (χ0) is 13.5. The van der Waals surface area contributed by atoms with Crippen molar-refractivity contribution >= 4 is 5.91 Å². The van der Waals surface area contributed by atoms with Crippen LogP contribution in [0, 0.1) is 0 Å². The van der Waals surface area contributed by atoms with E-state index in [2.05, 4.69) is 22.5 Å². The van der Waals surface area contributed by atoms with E-state index in [0.717, 1.165) is 19.5 Å². The maximum absolute atomic E-state index is 11.8. The predicted molar refractivity (Wildman–Crippen MR) is 78.2 cm³/mol. The molecule has 1 amide bonds. The van der Waals surface area contributed by atoms with Crippen molar-refractivity contribution in [1.29, 1.82) is 0 Å². The Balaban J connectivity index is 1.55. The van der Waals surface area contributed by atoms with E-state index in [0.29, 0.717) is 18.5 Å². The van der Waals surface area contributed by atoms with Crippen LogP contribution in [-0.4, -0.2) is 49.1 Å². The van der Waals surface area contributed by atoms with Gasteiger partial charge in [-0.25, -0.2) is 0 Å². The summed E-state index contributed by atoms with van der Waals surface area (Å²) in [6.07, 6.45) is 8.12. The molecule has 2 aliphatic heterocycles. The highest BCUT2D eigenvalue weighted by molar-refractivity contribution is 5.75. The fourth-order valence-electron chi connectivity index (χ4n) is 3.14. The lowest BCUT2D eigenvalue weighted by Crippen LogP contribution is -2.41. The van der Waals surface area contributed by atoms with Gasteiger partial charge >= 0.3 is 0 Å². The number of carbonyl (C=O) groups is 1. The van der Waals surface area contributed by atoms with Gasteiger partial charge in [-0.05, 0) is 58.7 Å². The van der Waals surface area contributed by atoms with Crippen molar-refractivity contribution in [2.45, 2.75) is 64.0 Å². The molecule has 0 aromatic rings. The Morgan fingerprint density at radius 2 is 2.11 bits per heavy atom. The van der Waals surface area contributed by atoms with E-state index in [1.807, 2.05) is 0 Å². The van der Waals surface area contributed by atoms with Crippen molar-refractivity contribution in [3.05, 3.63) is 0 Å². The second kappa shape index (κ2) is 7.85. The number of amides is 1. The molecular weight excluding hydrogens is 238 g/mol. The molecule has 2 rings (SSSR count).